The van der Waals surface area contributed by atoms with Gasteiger partial charge >= 0.3 is 97.2 Å². The standard InChI is InChI=1S/C16H26O2.2C16H30O2.C12H24O2.2C9H12F6O2.2C8H10F6O2/c1-4-15(2,3)14(17)18-16-8-11-5-12(9-16)7-13(6-11)10-16;1-7-16(5,6)14(17)18-13-10-8-12(9-11-13)15(2,3)4;1-7-15(3,4)14(17)18-16(5,6)13-10-8-12(2)9-11-13;1-5-7-8-9-10-14-11(13)12(3,4)6-2;2*1-4-7(2,3)6(16)17-5(8(10,11)12)9(13,14)15;2*1-3-4(2)5(15)16-6(7(9,10)11)8(12,13)14/h11-13H,4-10H2,1-3H3;2*12-13H,7-11H2,1-6H3;5-10H2,1-4H3;2*5H,4H2,1-3H3;2*4,6H,3H2,1-2H3. The van der Waals surface area contributed by atoms with Crippen LogP contribution in [0.15, 0.2) is 0 Å². The largest absolute Gasteiger partial charge is 0.465 e. The topological polar surface area (TPSA) is 210 Å². The average Bonchev–Trinajstić information content (AvgIpc) is 0.743. The van der Waals surface area contributed by atoms with Crippen LogP contribution in [0.25, 0.3) is 0 Å². The first kappa shape index (κ1) is 132. The Balaban J connectivity index is -0.00000147. The first-order valence-electron chi connectivity index (χ1n) is 46.2. The zero-order valence-electron chi connectivity index (χ0n) is 83.7. The second kappa shape index (κ2) is 53.6. The van der Waals surface area contributed by atoms with Gasteiger partial charge in [0, 0.05) is 0 Å². The predicted molar refractivity (Wildman–Crippen MR) is 456 cm³/mol. The van der Waals surface area contributed by atoms with Gasteiger partial charge in [-0.2, -0.15) is 105 Å². The van der Waals surface area contributed by atoms with Crippen molar-refractivity contribution in [1.82, 2.24) is 0 Å². The van der Waals surface area contributed by atoms with Gasteiger partial charge in [-0.3, -0.25) is 38.4 Å². The molecule has 6 aliphatic carbocycles. The molecule has 2 atom stereocenters. The maximum absolute atomic E-state index is 12.4. The number of ether oxygens (including phenoxy) is 8. The van der Waals surface area contributed by atoms with Crippen molar-refractivity contribution in [2.75, 3.05) is 6.61 Å². The van der Waals surface area contributed by atoms with Gasteiger partial charge in [0.15, 0.2) is 0 Å². The van der Waals surface area contributed by atoms with E-state index in [1.807, 2.05) is 76.2 Å². The van der Waals surface area contributed by atoms with E-state index >= 15 is 0 Å². The van der Waals surface area contributed by atoms with E-state index in [1.54, 1.807) is 0 Å². The summed E-state index contributed by atoms with van der Waals surface area (Å²) in [6, 6.07) is 0. The molecule has 2 unspecified atom stereocenters. The van der Waals surface area contributed by atoms with E-state index in [1.165, 1.54) is 140 Å². The van der Waals surface area contributed by atoms with Crippen molar-refractivity contribution in [2.24, 2.45) is 85.2 Å². The number of hydrogen-bond acceptors (Lipinski definition) is 16. The molecule has 0 saturated heterocycles. The summed E-state index contributed by atoms with van der Waals surface area (Å²) in [5.74, 6) is -3.54. The van der Waals surface area contributed by atoms with Crippen LogP contribution in [0.3, 0.4) is 0 Å². The number of carbonyl (C=O) groups is 8. The maximum atomic E-state index is 12.4. The Hall–Kier alpha value is -5.92. The maximum Gasteiger partial charge on any atom is 0.434 e. The van der Waals surface area contributed by atoms with E-state index in [-0.39, 0.29) is 88.5 Å². The van der Waals surface area contributed by atoms with Gasteiger partial charge in [-0.1, -0.05) is 136 Å². The predicted octanol–water partition coefficient (Wildman–Crippen LogP) is 29.7. The summed E-state index contributed by atoms with van der Waals surface area (Å²) in [5, 5.41) is 0. The molecule has 16 nitrogen and oxygen atoms in total. The normalized spacial score (nSPS) is 20.9. The van der Waals surface area contributed by atoms with Gasteiger partial charge in [-0.25, -0.2) is 0 Å². The molecular weight excluding hydrogens is 1840 g/mol. The first-order chi connectivity index (χ1) is 60.0. The molecule has 0 aliphatic heterocycles. The highest BCUT2D eigenvalue weighted by molar-refractivity contribution is 5.79. The van der Waals surface area contributed by atoms with Gasteiger partial charge in [-0.15, -0.1) is 0 Å². The fraction of sp³-hybridized carbons (Fsp3) is 0.915. The van der Waals surface area contributed by atoms with Crippen LogP contribution in [0.2, 0.25) is 0 Å². The minimum Gasteiger partial charge on any atom is -0.465 e. The van der Waals surface area contributed by atoms with Crippen molar-refractivity contribution in [2.45, 2.75) is 459 Å². The fourth-order valence-corrected chi connectivity index (χ4v) is 13.6. The third-order valence-corrected chi connectivity index (χ3v) is 26.0. The molecule has 0 spiro atoms. The van der Waals surface area contributed by atoms with Gasteiger partial charge in [-0.05, 0) is 273 Å². The summed E-state index contributed by atoms with van der Waals surface area (Å²) in [4.78, 5) is 92.1. The molecule has 0 amide bonds. The van der Waals surface area contributed by atoms with Crippen LogP contribution in [0.1, 0.15) is 368 Å². The molecule has 0 aromatic carbocycles. The average molecular weight is 2000 g/mol. The monoisotopic (exact) mass is 2000 g/mol. The van der Waals surface area contributed by atoms with Crippen LogP contribution in [0, 0.1) is 85.2 Å². The van der Waals surface area contributed by atoms with Crippen LogP contribution in [-0.2, 0) is 76.3 Å². The molecule has 0 N–H and O–H groups in total. The van der Waals surface area contributed by atoms with E-state index in [0.717, 1.165) is 100 Å². The number of rotatable bonds is 29. The van der Waals surface area contributed by atoms with Crippen molar-refractivity contribution >= 4 is 47.8 Å². The highest BCUT2D eigenvalue weighted by atomic mass is 19.4. The lowest BCUT2D eigenvalue weighted by Gasteiger charge is -2.56. The summed E-state index contributed by atoms with van der Waals surface area (Å²) in [5.41, 5.74) is -4.11. The summed E-state index contributed by atoms with van der Waals surface area (Å²) in [6.45, 7) is 53.1. The minimum atomic E-state index is -5.67. The lowest BCUT2D eigenvalue weighted by molar-refractivity contribution is -0.316. The summed E-state index contributed by atoms with van der Waals surface area (Å²) >= 11 is 0. The lowest BCUT2D eigenvalue weighted by Crippen LogP contribution is -2.53. The van der Waals surface area contributed by atoms with Crippen molar-refractivity contribution in [3.63, 3.8) is 0 Å². The molecule has 6 saturated carbocycles. The van der Waals surface area contributed by atoms with Crippen molar-refractivity contribution in [3.8, 4) is 0 Å². The van der Waals surface area contributed by atoms with E-state index in [9.17, 15) is 144 Å². The Labute approximate surface area is 777 Å². The number of carbonyl (C=O) groups excluding carboxylic acids is 8. The van der Waals surface area contributed by atoms with Crippen molar-refractivity contribution in [1.29, 1.82) is 0 Å². The van der Waals surface area contributed by atoms with E-state index < -0.39 is 120 Å². The molecule has 0 heterocycles. The van der Waals surface area contributed by atoms with Gasteiger partial charge in [0.25, 0.3) is 24.4 Å². The van der Waals surface area contributed by atoms with E-state index in [0.29, 0.717) is 17.9 Å². The smallest absolute Gasteiger partial charge is 0.434 e. The fourth-order valence-electron chi connectivity index (χ4n) is 13.6. The molecule has 6 fully saturated rings. The van der Waals surface area contributed by atoms with Crippen LogP contribution >= 0.6 is 0 Å². The second-order valence-corrected chi connectivity index (χ2v) is 41.5. The highest BCUT2D eigenvalue weighted by Crippen LogP contribution is 2.58. The number of halogens is 24. The molecule has 794 valence electrons. The van der Waals surface area contributed by atoms with Gasteiger partial charge < -0.3 is 37.9 Å². The third kappa shape index (κ3) is 47.4. The molecule has 40 heteroatoms. The lowest BCUT2D eigenvalue weighted by atomic mass is 9.54. The van der Waals surface area contributed by atoms with Crippen molar-refractivity contribution in [3.05, 3.63) is 0 Å². The van der Waals surface area contributed by atoms with Crippen LogP contribution in [0.5, 0.6) is 0 Å². The van der Waals surface area contributed by atoms with E-state index in [4.69, 9.17) is 18.9 Å². The number of alkyl halides is 24. The zero-order valence-corrected chi connectivity index (χ0v) is 83.7. The highest BCUT2D eigenvalue weighted by Gasteiger charge is 2.64. The molecule has 6 rings (SSSR count). The SMILES string of the molecule is CCC(C)(C)C(=O)OC(C(F)(F)F)C(F)(F)F.CCC(C)(C)C(=O)OC(C(F)(F)F)C(F)(F)F.CCC(C)(C)C(=O)OC(C)(C)C1CCC(C)CC1.CCC(C)(C)C(=O)OC12CC3CC(CC(C3)C1)C2.CCC(C)(C)C(=O)OC1CCC(C(C)(C)C)CC1.CCC(C)C(=O)OC(C(F)(F)F)C(F)(F)F.CCC(C)C(=O)OC(C(F)(F)F)C(F)(F)F.CCCCCCOC(=O)C(C)(C)CC. The van der Waals surface area contributed by atoms with Crippen LogP contribution < -0.4 is 0 Å². The van der Waals surface area contributed by atoms with Crippen LogP contribution in [-0.4, -0.2) is 145 Å². The van der Waals surface area contributed by atoms with Gasteiger partial charge in [0.05, 0.1) is 50.9 Å². The Morgan fingerprint density at radius 3 is 0.866 bits per heavy atom. The van der Waals surface area contributed by atoms with Gasteiger partial charge in [0.2, 0.25) is 0 Å². The summed E-state index contributed by atoms with van der Waals surface area (Å²) in [6.07, 6.45) is -36.1. The quantitative estimate of drug-likeness (QED) is 0.0295. The first-order valence-corrected chi connectivity index (χ1v) is 46.2. The number of unbranched alkanes of at least 4 members (excludes halogenated alkanes) is 3. The van der Waals surface area contributed by atoms with Crippen LogP contribution in [0.4, 0.5) is 105 Å². The Kier molecular flexibility index (Phi) is 52.9. The number of hydrogen-bond donors (Lipinski definition) is 0. The Morgan fingerprint density at radius 2 is 0.590 bits per heavy atom. The third-order valence-electron chi connectivity index (χ3n) is 26.0. The van der Waals surface area contributed by atoms with Crippen molar-refractivity contribution < 1.29 is 182 Å². The Bertz CT molecular complexity index is 3290. The molecule has 6 aliphatic rings. The molecule has 134 heavy (non-hydrogen) atoms. The summed E-state index contributed by atoms with van der Waals surface area (Å²) in [7, 11) is 0. The minimum absolute atomic E-state index is 0.0239. The second-order valence-electron chi connectivity index (χ2n) is 41.5. The molecule has 4 bridgehead atoms. The zero-order chi connectivity index (χ0) is 106. The number of esters is 8. The Morgan fingerprint density at radius 1 is 0.321 bits per heavy atom. The molecular formula is C94H154F24O16. The molecule has 0 aromatic rings. The van der Waals surface area contributed by atoms with Gasteiger partial charge in [0.1, 0.15) is 17.3 Å². The summed E-state index contributed by atoms with van der Waals surface area (Å²) < 4.78 is 325. The molecule has 0 radical (unpaired) electrons. The van der Waals surface area contributed by atoms with E-state index in [2.05, 4.69) is 74.3 Å². The molecule has 0 aromatic heterocycles.